The summed E-state index contributed by atoms with van der Waals surface area (Å²) in [5, 5.41) is 6.53. The number of benzene rings is 3. The summed E-state index contributed by atoms with van der Waals surface area (Å²) in [6.45, 7) is 1.34. The molecule has 0 saturated carbocycles. The Morgan fingerprint density at radius 3 is 2.40 bits per heavy atom. The van der Waals surface area contributed by atoms with Crippen molar-refractivity contribution in [2.75, 3.05) is 30.7 Å². The molecule has 1 fully saturated rings. The Bertz CT molecular complexity index is 1740. The van der Waals surface area contributed by atoms with Gasteiger partial charge in [-0.3, -0.25) is 14.4 Å². The Balaban J connectivity index is 1.17. The number of rotatable bonds is 7. The van der Waals surface area contributed by atoms with Crippen molar-refractivity contribution in [3.63, 3.8) is 0 Å². The van der Waals surface area contributed by atoms with Crippen molar-refractivity contribution in [1.29, 1.82) is 0 Å². The highest BCUT2D eigenvalue weighted by atomic mass is 79.9. The molecule has 1 aromatic heterocycles. The molecule has 4 N–H and O–H groups in total. The number of ketones is 1. The van der Waals surface area contributed by atoms with E-state index in [2.05, 4.69) is 42.5 Å². The van der Waals surface area contributed by atoms with Crippen LogP contribution in [0.3, 0.4) is 0 Å². The fraction of sp³-hybridized carbons (Fsp3) is 0.273. The van der Waals surface area contributed by atoms with E-state index in [0.717, 1.165) is 23.1 Å². The molecule has 232 valence electrons. The fourth-order valence-corrected chi connectivity index (χ4v) is 7.11. The van der Waals surface area contributed by atoms with E-state index in [-0.39, 0.29) is 35.9 Å². The van der Waals surface area contributed by atoms with E-state index in [1.807, 2.05) is 41.3 Å². The molecule has 10 nitrogen and oxygen atoms in total. The molecule has 12 heteroatoms. The Morgan fingerprint density at radius 2 is 1.67 bits per heavy atom. The Kier molecular flexibility index (Phi) is 8.95. The van der Waals surface area contributed by atoms with Gasteiger partial charge < -0.3 is 30.6 Å². The molecular weight excluding hydrogens is 706 g/mol. The molecule has 45 heavy (non-hydrogen) atoms. The van der Waals surface area contributed by atoms with Crippen molar-refractivity contribution in [3.8, 4) is 0 Å². The monoisotopic (exact) mass is 735 g/mol. The van der Waals surface area contributed by atoms with Crippen molar-refractivity contribution < 1.29 is 23.6 Å². The average Bonchev–Trinajstić information content (AvgIpc) is 3.41. The van der Waals surface area contributed by atoms with E-state index in [4.69, 9.17) is 10.2 Å². The number of nitrogens with zero attached hydrogens (tertiary/aromatic N) is 2. The van der Waals surface area contributed by atoms with Crippen LogP contribution in [0.4, 0.5) is 16.2 Å². The third-order valence-electron chi connectivity index (χ3n) is 8.40. The van der Waals surface area contributed by atoms with Crippen molar-refractivity contribution in [2.24, 2.45) is 0 Å². The predicted molar refractivity (Wildman–Crippen MR) is 178 cm³/mol. The first kappa shape index (κ1) is 30.8. The third kappa shape index (κ3) is 6.62. The number of piperidine rings is 1. The molecule has 0 spiro atoms. The van der Waals surface area contributed by atoms with Crippen LogP contribution in [-0.2, 0) is 11.2 Å². The highest BCUT2D eigenvalue weighted by Gasteiger charge is 2.35. The van der Waals surface area contributed by atoms with Gasteiger partial charge in [-0.05, 0) is 87.0 Å². The van der Waals surface area contributed by atoms with Gasteiger partial charge in [0.15, 0.2) is 11.5 Å². The van der Waals surface area contributed by atoms with E-state index in [9.17, 15) is 19.2 Å². The second-order valence-electron chi connectivity index (χ2n) is 11.2. The summed E-state index contributed by atoms with van der Waals surface area (Å²) in [5.74, 6) is -1.25. The minimum absolute atomic E-state index is 0.0435. The van der Waals surface area contributed by atoms with Gasteiger partial charge in [0, 0.05) is 57.7 Å². The molecule has 0 aliphatic carbocycles. The maximum Gasteiger partial charge on any atom is 0.322 e. The van der Waals surface area contributed by atoms with Crippen LogP contribution in [0.1, 0.15) is 45.7 Å². The first-order valence-electron chi connectivity index (χ1n) is 14.7. The number of hydrogen-bond donors (Lipinski definition) is 3. The van der Waals surface area contributed by atoms with E-state index < -0.39 is 11.9 Å². The van der Waals surface area contributed by atoms with E-state index >= 15 is 0 Å². The molecule has 4 amide bonds. The molecule has 0 bridgehead atoms. The van der Waals surface area contributed by atoms with Gasteiger partial charge in [-0.1, -0.05) is 36.4 Å². The number of fused-ring (bicyclic) bond motifs is 2. The van der Waals surface area contributed by atoms with Crippen LogP contribution < -0.4 is 16.4 Å². The molecule has 3 heterocycles. The smallest absolute Gasteiger partial charge is 0.322 e. The van der Waals surface area contributed by atoms with Gasteiger partial charge in [0.25, 0.3) is 5.91 Å². The number of furan rings is 1. The summed E-state index contributed by atoms with van der Waals surface area (Å²) in [6.07, 6.45) is 1.63. The van der Waals surface area contributed by atoms with Gasteiger partial charge in [0.2, 0.25) is 5.91 Å². The lowest BCUT2D eigenvalue weighted by molar-refractivity contribution is -0.134. The second-order valence-corrected chi connectivity index (χ2v) is 13.0. The van der Waals surface area contributed by atoms with Gasteiger partial charge in [-0.15, -0.1) is 0 Å². The number of nitrogens with two attached hydrogens (primary N) is 1. The molecule has 3 aromatic carbocycles. The van der Waals surface area contributed by atoms with Gasteiger partial charge in [-0.2, -0.15) is 0 Å². The minimum Gasteiger partial charge on any atom is -0.451 e. The molecule has 4 aromatic rings. The van der Waals surface area contributed by atoms with Crippen LogP contribution in [0.2, 0.25) is 0 Å². The van der Waals surface area contributed by atoms with Gasteiger partial charge in [0.1, 0.15) is 11.6 Å². The summed E-state index contributed by atoms with van der Waals surface area (Å²) in [5.41, 5.74) is 9.25. The number of carbonyl (C=O) groups excluding carboxylic acids is 4. The number of likely N-dealkylation sites (tertiary alicyclic amines) is 1. The summed E-state index contributed by atoms with van der Waals surface area (Å²) >= 11 is 6.74. The lowest BCUT2D eigenvalue weighted by atomic mass is 9.99. The van der Waals surface area contributed by atoms with Crippen LogP contribution in [0.5, 0.6) is 0 Å². The Hall–Kier alpha value is -4.16. The van der Waals surface area contributed by atoms with E-state index in [1.54, 1.807) is 35.2 Å². The predicted octanol–water partition coefficient (Wildman–Crippen LogP) is 5.99. The summed E-state index contributed by atoms with van der Waals surface area (Å²) in [4.78, 5) is 57.3. The zero-order chi connectivity index (χ0) is 31.7. The summed E-state index contributed by atoms with van der Waals surface area (Å²) in [7, 11) is 0. The molecular formula is C33H31Br2N5O5. The van der Waals surface area contributed by atoms with Gasteiger partial charge in [-0.25, -0.2) is 4.79 Å². The maximum absolute atomic E-state index is 13.9. The van der Waals surface area contributed by atoms with Crippen LogP contribution >= 0.6 is 31.9 Å². The van der Waals surface area contributed by atoms with Crippen LogP contribution in [0, 0.1) is 0 Å². The number of Topliss-reactive ketones (excluding diaryl/α,β-unsaturated/α-hetero) is 1. The maximum atomic E-state index is 13.9. The lowest BCUT2D eigenvalue weighted by Gasteiger charge is -2.39. The number of nitrogens with one attached hydrogen (secondary N) is 2. The quantitative estimate of drug-likeness (QED) is 0.157. The second kappa shape index (κ2) is 13.1. The SMILES string of the molecule is Nc1c(Br)cc(C(=O)C[C@H](NC(=O)c2cc3ccccc3o2)C(=O)N2CCC(N3CCc4ccccc4NC3=O)CC2)cc1Br. The Labute approximate surface area is 276 Å². The number of amides is 4. The number of carbonyl (C=O) groups is 4. The van der Waals surface area contributed by atoms with Crippen LogP contribution in [-0.4, -0.2) is 65.1 Å². The van der Waals surface area contributed by atoms with Crippen molar-refractivity contribution in [1.82, 2.24) is 15.1 Å². The third-order valence-corrected chi connectivity index (χ3v) is 9.71. The average molecular weight is 737 g/mol. The van der Waals surface area contributed by atoms with Crippen molar-refractivity contribution in [2.45, 2.75) is 37.8 Å². The first-order valence-corrected chi connectivity index (χ1v) is 16.3. The molecule has 2 aliphatic rings. The standard InChI is InChI=1S/C33H31Br2N5O5/c34-23-15-21(16-24(35)30(23)36)27(41)18-26(37-31(42)29-17-20-6-2-4-8-28(20)45-29)32(43)39-12-10-22(11-13-39)40-14-9-19-5-1-3-7-25(19)38-33(40)44/h1-8,15-17,22,26H,9-14,18,36H2,(H,37,42)(H,38,44)/t26-/m0/s1. The minimum atomic E-state index is -1.14. The Morgan fingerprint density at radius 1 is 0.978 bits per heavy atom. The van der Waals surface area contributed by atoms with E-state index in [1.165, 1.54) is 0 Å². The molecule has 6 rings (SSSR count). The number of hydrogen-bond acceptors (Lipinski definition) is 6. The molecule has 1 saturated heterocycles. The molecule has 2 aliphatic heterocycles. The first-order chi connectivity index (χ1) is 21.7. The van der Waals surface area contributed by atoms with Gasteiger partial charge in [0.05, 0.1) is 5.69 Å². The largest absolute Gasteiger partial charge is 0.451 e. The normalized spacial score (nSPS) is 16.1. The number of nitrogen functional groups attached to an aromatic ring is 1. The number of anilines is 2. The fourth-order valence-electron chi connectivity index (χ4n) is 5.93. The van der Waals surface area contributed by atoms with Crippen LogP contribution in [0.25, 0.3) is 11.0 Å². The number of halogens is 2. The van der Waals surface area contributed by atoms with Crippen molar-refractivity contribution in [3.05, 3.63) is 92.6 Å². The van der Waals surface area contributed by atoms with E-state index in [0.29, 0.717) is 58.3 Å². The highest BCUT2D eigenvalue weighted by molar-refractivity contribution is 9.11. The van der Waals surface area contributed by atoms with Gasteiger partial charge >= 0.3 is 6.03 Å². The molecule has 0 radical (unpaired) electrons. The zero-order valence-electron chi connectivity index (χ0n) is 24.2. The molecule has 1 atom stereocenters. The van der Waals surface area contributed by atoms with Crippen LogP contribution in [0.15, 0.2) is 80.1 Å². The zero-order valence-corrected chi connectivity index (χ0v) is 27.4. The summed E-state index contributed by atoms with van der Waals surface area (Å²) in [6, 6.07) is 18.5. The number of para-hydroxylation sites is 2. The lowest BCUT2D eigenvalue weighted by Crippen LogP contribution is -2.54. The van der Waals surface area contributed by atoms with Crippen molar-refractivity contribution >= 4 is 77.8 Å². The highest BCUT2D eigenvalue weighted by Crippen LogP contribution is 2.31. The summed E-state index contributed by atoms with van der Waals surface area (Å²) < 4.78 is 6.80. The molecule has 0 unspecified atom stereocenters. The number of urea groups is 1. The topological polar surface area (TPSA) is 138 Å².